The summed E-state index contributed by atoms with van der Waals surface area (Å²) in [6.07, 6.45) is 2.64. The molecule has 0 radical (unpaired) electrons. The molecule has 2 aromatic carbocycles. The lowest BCUT2D eigenvalue weighted by molar-refractivity contribution is -0.599. The smallest absolute Gasteiger partial charge is 0.289 e. The lowest BCUT2D eigenvalue weighted by Crippen LogP contribution is -2.34. The van der Waals surface area contributed by atoms with Gasteiger partial charge in [0.15, 0.2) is 24.0 Å². The van der Waals surface area contributed by atoms with Gasteiger partial charge in [0.1, 0.15) is 15.1 Å². The van der Waals surface area contributed by atoms with E-state index in [9.17, 15) is 17.6 Å². The monoisotopic (exact) mass is 540 g/mol. The highest BCUT2D eigenvalue weighted by Crippen LogP contribution is 2.31. The maximum Gasteiger partial charge on any atom is 0.289 e. The molecule has 0 amide bonds. The van der Waals surface area contributed by atoms with Crippen LogP contribution in [0.3, 0.4) is 0 Å². The molecule has 2 heterocycles. The van der Waals surface area contributed by atoms with Crippen LogP contribution in [0.2, 0.25) is 0 Å². The van der Waals surface area contributed by atoms with Crippen LogP contribution in [0.15, 0.2) is 54.9 Å². The van der Waals surface area contributed by atoms with Crippen LogP contribution in [0, 0.1) is 27.0 Å². The van der Waals surface area contributed by atoms with Crippen molar-refractivity contribution in [2.75, 3.05) is 19.0 Å². The van der Waals surface area contributed by atoms with Gasteiger partial charge in [-0.3, -0.25) is 0 Å². The molecule has 0 fully saturated rings. The summed E-state index contributed by atoms with van der Waals surface area (Å²) in [5.41, 5.74) is -0.0994. The predicted octanol–water partition coefficient (Wildman–Crippen LogP) is 4.44. The number of halogens is 5. The molecule has 0 aliphatic rings. The third-order valence-corrected chi connectivity index (χ3v) is 5.65. The molecule has 158 valence electrons. The summed E-state index contributed by atoms with van der Waals surface area (Å²) in [5.74, 6) is -6.21. The molecule has 0 aliphatic carbocycles. The van der Waals surface area contributed by atoms with Crippen LogP contribution in [0.5, 0.6) is 0 Å². The largest absolute Gasteiger partial charge is 0.377 e. The van der Waals surface area contributed by atoms with E-state index in [1.54, 1.807) is 84.1 Å². The molecular weight excluding hydrogens is 525 g/mol. The minimum absolute atomic E-state index is 0.205. The van der Waals surface area contributed by atoms with Crippen molar-refractivity contribution in [1.82, 2.24) is 15.0 Å². The van der Waals surface area contributed by atoms with Gasteiger partial charge in [0.2, 0.25) is 11.6 Å². The fourth-order valence-electron chi connectivity index (χ4n) is 3.07. The zero-order valence-corrected chi connectivity index (χ0v) is 18.5. The second-order valence-corrected chi connectivity index (χ2v) is 7.84. The summed E-state index contributed by atoms with van der Waals surface area (Å²) in [6.45, 7) is 0. The number of aromatic nitrogens is 4. The summed E-state index contributed by atoms with van der Waals surface area (Å²) in [4.78, 5) is 1.78. The van der Waals surface area contributed by atoms with Gasteiger partial charge in [0.05, 0.1) is 0 Å². The number of hydrogen-bond acceptors (Lipinski definition) is 3. The van der Waals surface area contributed by atoms with Crippen LogP contribution in [0.4, 0.5) is 23.2 Å². The van der Waals surface area contributed by atoms with Gasteiger partial charge in [0, 0.05) is 37.5 Å². The number of hydrogen-bond donors (Lipinski definition) is 0. The van der Waals surface area contributed by atoms with E-state index in [4.69, 9.17) is 0 Å². The van der Waals surface area contributed by atoms with E-state index in [2.05, 4.69) is 10.3 Å². The molecule has 0 atom stereocenters. The molecule has 4 aromatic rings. The number of rotatable bonds is 4. The molecule has 0 bridgehead atoms. The first-order valence-corrected chi connectivity index (χ1v) is 10.1. The van der Waals surface area contributed by atoms with Crippen LogP contribution in [-0.4, -0.2) is 29.1 Å². The summed E-state index contributed by atoms with van der Waals surface area (Å²) in [7, 11) is 3.58. The van der Waals surface area contributed by atoms with Crippen molar-refractivity contribution >= 4 is 28.3 Å². The minimum atomic E-state index is -1.57. The fraction of sp³-hybridized carbons (Fsp3) is 0.0952. The molecule has 2 aromatic heterocycles. The summed E-state index contributed by atoms with van der Waals surface area (Å²) in [6, 6.07) is 11.9. The zero-order valence-electron chi connectivity index (χ0n) is 16.3. The van der Waals surface area contributed by atoms with E-state index >= 15 is 0 Å². The normalized spacial score (nSPS) is 11.1. The van der Waals surface area contributed by atoms with Crippen LogP contribution in [-0.2, 0) is 0 Å². The molecule has 0 aliphatic heterocycles. The van der Waals surface area contributed by atoms with Crippen molar-refractivity contribution < 1.29 is 22.1 Å². The Hall–Kier alpha value is -3.02. The Morgan fingerprint density at radius 1 is 0.871 bits per heavy atom. The zero-order chi connectivity index (χ0) is 22.3. The Balaban J connectivity index is 1.86. The topological polar surface area (TPSA) is 37.8 Å². The molecule has 0 N–H and O–H groups in total. The average molecular weight is 540 g/mol. The third-order valence-electron chi connectivity index (χ3n) is 4.68. The highest BCUT2D eigenvalue weighted by molar-refractivity contribution is 14.1. The number of nitrogens with zero attached hydrogens (tertiary/aromatic N) is 5. The van der Waals surface area contributed by atoms with Crippen molar-refractivity contribution in [3.05, 3.63) is 81.8 Å². The number of anilines is 1. The van der Waals surface area contributed by atoms with Crippen molar-refractivity contribution in [2.24, 2.45) is 0 Å². The van der Waals surface area contributed by atoms with Gasteiger partial charge in [-0.2, -0.15) is 13.3 Å². The Morgan fingerprint density at radius 2 is 1.45 bits per heavy atom. The highest BCUT2D eigenvalue weighted by atomic mass is 127. The highest BCUT2D eigenvalue weighted by Gasteiger charge is 2.34. The molecule has 0 saturated heterocycles. The van der Waals surface area contributed by atoms with E-state index in [1.807, 2.05) is 0 Å². The maximum atomic E-state index is 15.0. The van der Waals surface area contributed by atoms with Crippen molar-refractivity contribution in [3.63, 3.8) is 0 Å². The summed E-state index contributed by atoms with van der Waals surface area (Å²) < 4.78 is 61.7. The maximum absolute atomic E-state index is 15.0. The molecule has 10 heteroatoms. The Kier molecular flexibility index (Phi) is 5.65. The molecule has 0 spiro atoms. The molecule has 0 saturated carbocycles. The van der Waals surface area contributed by atoms with Gasteiger partial charge in [-0.05, 0) is 22.6 Å². The summed E-state index contributed by atoms with van der Waals surface area (Å²) >= 11 is 1.78. The fourth-order valence-corrected chi connectivity index (χ4v) is 3.83. The van der Waals surface area contributed by atoms with Crippen LogP contribution in [0.1, 0.15) is 0 Å². The van der Waals surface area contributed by atoms with Crippen LogP contribution < -0.4 is 9.47 Å². The molecule has 4 rings (SSSR count). The van der Waals surface area contributed by atoms with Crippen LogP contribution >= 0.6 is 22.6 Å². The standard InChI is InChI=1S/C21H15F4IN5/c1-29(2)13-8-10-30(11-9-13)19-14(22)16(24)20(17(25)15(19)23)31-21(26)18(27-28-31)12-6-4-3-5-7-12/h3-11H,1-2H3/q+1. The van der Waals surface area contributed by atoms with Crippen molar-refractivity contribution in [2.45, 2.75) is 0 Å². The lowest BCUT2D eigenvalue weighted by Gasteiger charge is -2.12. The SMILES string of the molecule is CN(C)c1cc[n+](-c2c(F)c(F)c(-n3nnc(-c4ccccc4)c3I)c(F)c2F)cc1. The molecule has 5 nitrogen and oxygen atoms in total. The first-order valence-electron chi connectivity index (χ1n) is 9.03. The van der Waals surface area contributed by atoms with E-state index in [1.165, 1.54) is 12.4 Å². The second kappa shape index (κ2) is 8.25. The van der Waals surface area contributed by atoms with E-state index in [-0.39, 0.29) is 3.70 Å². The first kappa shape index (κ1) is 21.2. The van der Waals surface area contributed by atoms with Gasteiger partial charge in [-0.15, -0.1) is 5.10 Å². The quantitative estimate of drug-likeness (QED) is 0.166. The Labute approximate surface area is 188 Å². The lowest BCUT2D eigenvalue weighted by atomic mass is 10.2. The molecule has 0 unspecified atom stereocenters. The van der Waals surface area contributed by atoms with E-state index in [0.717, 1.165) is 14.9 Å². The van der Waals surface area contributed by atoms with E-state index in [0.29, 0.717) is 11.3 Å². The van der Waals surface area contributed by atoms with Crippen molar-refractivity contribution in [1.29, 1.82) is 0 Å². The van der Waals surface area contributed by atoms with Gasteiger partial charge in [0.25, 0.3) is 5.69 Å². The Morgan fingerprint density at radius 3 is 2.00 bits per heavy atom. The molecule has 31 heavy (non-hydrogen) atoms. The molecular formula is C21H15F4IN5+. The van der Waals surface area contributed by atoms with Gasteiger partial charge in [-0.25, -0.2) is 13.5 Å². The Bertz CT molecular complexity index is 1230. The third kappa shape index (κ3) is 3.64. The first-order chi connectivity index (χ1) is 14.8. The minimum Gasteiger partial charge on any atom is -0.377 e. The van der Waals surface area contributed by atoms with Gasteiger partial charge in [-0.1, -0.05) is 35.5 Å². The van der Waals surface area contributed by atoms with E-state index < -0.39 is 34.6 Å². The number of pyridine rings is 1. The van der Waals surface area contributed by atoms with Gasteiger partial charge < -0.3 is 4.90 Å². The van der Waals surface area contributed by atoms with Gasteiger partial charge >= 0.3 is 0 Å². The second-order valence-electron chi connectivity index (χ2n) is 6.82. The van der Waals surface area contributed by atoms with Crippen LogP contribution in [0.25, 0.3) is 22.6 Å². The predicted molar refractivity (Wildman–Crippen MR) is 115 cm³/mol. The van der Waals surface area contributed by atoms with Crippen molar-refractivity contribution in [3.8, 4) is 22.6 Å². The average Bonchev–Trinajstić information content (AvgIpc) is 3.15. The number of benzene rings is 2. The summed E-state index contributed by atoms with van der Waals surface area (Å²) in [5, 5.41) is 7.66.